The summed E-state index contributed by atoms with van der Waals surface area (Å²) >= 11 is 0. The fourth-order valence-electron chi connectivity index (χ4n) is 3.42. The molecule has 1 atom stereocenters. The summed E-state index contributed by atoms with van der Waals surface area (Å²) in [6.07, 6.45) is 0.00546. The third-order valence-electron chi connectivity index (χ3n) is 5.03. The largest absolute Gasteiger partial charge is 0.332 e. The highest BCUT2D eigenvalue weighted by Crippen LogP contribution is 2.32. The van der Waals surface area contributed by atoms with Crippen molar-refractivity contribution < 1.29 is 22.8 Å². The van der Waals surface area contributed by atoms with E-state index in [1.807, 2.05) is 45.9 Å². The number of nitrogens with one attached hydrogen (secondary N) is 2. The lowest BCUT2D eigenvalue weighted by molar-refractivity contribution is -0.145. The van der Waals surface area contributed by atoms with Crippen LogP contribution in [0, 0.1) is 0 Å². The number of amides is 4. The molecule has 1 fully saturated rings. The third kappa shape index (κ3) is 5.35. The van der Waals surface area contributed by atoms with Gasteiger partial charge in [-0.15, -0.1) is 0 Å². The van der Waals surface area contributed by atoms with Crippen molar-refractivity contribution in [3.63, 3.8) is 0 Å². The lowest BCUT2D eigenvalue weighted by Gasteiger charge is -2.30. The number of nitrogens with zero attached hydrogens (tertiary/aromatic N) is 1. The second-order valence-electron chi connectivity index (χ2n) is 7.91. The van der Waals surface area contributed by atoms with E-state index in [2.05, 4.69) is 10.0 Å². The molecule has 1 heterocycles. The molecular formula is C20H29N3O5S. The molecule has 0 saturated carbocycles. The van der Waals surface area contributed by atoms with E-state index in [1.165, 1.54) is 6.92 Å². The molecule has 0 spiro atoms. The Morgan fingerprint density at radius 1 is 1.10 bits per heavy atom. The van der Waals surface area contributed by atoms with Crippen molar-refractivity contribution in [2.24, 2.45) is 0 Å². The highest BCUT2D eigenvalue weighted by atomic mass is 32.2. The highest BCUT2D eigenvalue weighted by molar-refractivity contribution is 7.90. The molecule has 1 aliphatic heterocycles. The van der Waals surface area contributed by atoms with Crippen LogP contribution in [0.25, 0.3) is 0 Å². The predicted octanol–water partition coefficient (Wildman–Crippen LogP) is 2.92. The third-order valence-corrected chi connectivity index (χ3v) is 6.77. The Kier molecular flexibility index (Phi) is 7.05. The van der Waals surface area contributed by atoms with Crippen LogP contribution in [0.1, 0.15) is 70.4 Å². The van der Waals surface area contributed by atoms with E-state index in [4.69, 9.17) is 0 Å². The fraction of sp³-hybridized carbons (Fsp3) is 0.550. The molecule has 8 nitrogen and oxygen atoms in total. The molecule has 1 aliphatic rings. The maximum Gasteiger partial charge on any atom is 0.332 e. The topological polar surface area (TPSA) is 113 Å². The summed E-state index contributed by atoms with van der Waals surface area (Å²) in [5.41, 5.74) is 2.43. The number of anilines is 1. The van der Waals surface area contributed by atoms with Gasteiger partial charge >= 0.3 is 6.03 Å². The maximum atomic E-state index is 12.7. The minimum absolute atomic E-state index is 0.0551. The summed E-state index contributed by atoms with van der Waals surface area (Å²) in [5.74, 6) is -0.643. The van der Waals surface area contributed by atoms with E-state index in [0.29, 0.717) is 5.69 Å². The number of imide groups is 1. The van der Waals surface area contributed by atoms with Gasteiger partial charge in [-0.3, -0.25) is 14.5 Å². The van der Waals surface area contributed by atoms with Crippen molar-refractivity contribution in [1.82, 2.24) is 9.62 Å². The van der Waals surface area contributed by atoms with E-state index < -0.39 is 33.1 Å². The number of carbonyl (C=O) groups is 3. The number of carbonyl (C=O) groups excluding carboxylic acids is 3. The number of rotatable bonds is 5. The average molecular weight is 424 g/mol. The SMILES string of the molecule is CC(=O)N1CC(S(=O)(=O)NC(=O)Nc2c(C(C)C)cccc2C(C)C)CCC1=O. The van der Waals surface area contributed by atoms with Crippen LogP contribution >= 0.6 is 0 Å². The number of para-hydroxylation sites is 1. The maximum absolute atomic E-state index is 12.7. The number of hydrogen-bond acceptors (Lipinski definition) is 5. The Labute approximate surface area is 172 Å². The molecule has 2 N–H and O–H groups in total. The van der Waals surface area contributed by atoms with Crippen LogP contribution in [-0.2, 0) is 19.6 Å². The first-order valence-corrected chi connectivity index (χ1v) is 11.2. The number of likely N-dealkylation sites (tertiary alicyclic amines) is 1. The number of piperidine rings is 1. The van der Waals surface area contributed by atoms with Crippen LogP contribution < -0.4 is 10.0 Å². The van der Waals surface area contributed by atoms with Crippen molar-refractivity contribution in [2.75, 3.05) is 11.9 Å². The first-order chi connectivity index (χ1) is 13.4. The van der Waals surface area contributed by atoms with Crippen LogP contribution in [0.5, 0.6) is 0 Å². The van der Waals surface area contributed by atoms with Crippen LogP contribution in [0.15, 0.2) is 18.2 Å². The minimum Gasteiger partial charge on any atom is -0.307 e. The molecule has 0 radical (unpaired) electrons. The van der Waals surface area contributed by atoms with Crippen molar-refractivity contribution >= 4 is 33.6 Å². The summed E-state index contributed by atoms with van der Waals surface area (Å²) in [6, 6.07) is 4.86. The molecule has 29 heavy (non-hydrogen) atoms. The molecule has 1 saturated heterocycles. The molecule has 9 heteroatoms. The standard InChI is InChI=1S/C20H29N3O5S/c1-12(2)16-7-6-8-17(13(3)4)19(16)21-20(26)22-29(27,28)15-9-10-18(25)23(11-15)14(5)24/h6-8,12-13,15H,9-11H2,1-5H3,(H2,21,22,26). The zero-order valence-corrected chi connectivity index (χ0v) is 18.3. The lowest BCUT2D eigenvalue weighted by atomic mass is 9.93. The summed E-state index contributed by atoms with van der Waals surface area (Å²) in [5, 5.41) is 1.68. The molecule has 0 bridgehead atoms. The van der Waals surface area contributed by atoms with Crippen molar-refractivity contribution in [1.29, 1.82) is 0 Å². The molecule has 0 aliphatic carbocycles. The van der Waals surface area contributed by atoms with E-state index in [-0.39, 0.29) is 31.2 Å². The molecular weight excluding hydrogens is 394 g/mol. The van der Waals surface area contributed by atoms with Gasteiger partial charge < -0.3 is 5.32 Å². The summed E-state index contributed by atoms with van der Waals surface area (Å²) in [7, 11) is -4.07. The number of benzene rings is 1. The average Bonchev–Trinajstić information content (AvgIpc) is 2.60. The van der Waals surface area contributed by atoms with Gasteiger partial charge in [0.25, 0.3) is 0 Å². The second-order valence-corrected chi connectivity index (χ2v) is 9.87. The molecule has 1 aromatic rings. The van der Waals surface area contributed by atoms with Crippen LogP contribution in [0.4, 0.5) is 10.5 Å². The Balaban J connectivity index is 2.21. The van der Waals surface area contributed by atoms with Gasteiger partial charge in [0.2, 0.25) is 21.8 Å². The molecule has 1 aromatic carbocycles. The van der Waals surface area contributed by atoms with E-state index in [1.54, 1.807) is 0 Å². The van der Waals surface area contributed by atoms with Crippen LogP contribution in [-0.4, -0.2) is 43.0 Å². The molecule has 0 aromatic heterocycles. The van der Waals surface area contributed by atoms with Gasteiger partial charge in [-0.05, 0) is 29.4 Å². The fourth-order valence-corrected chi connectivity index (χ4v) is 4.67. The van der Waals surface area contributed by atoms with E-state index in [0.717, 1.165) is 16.0 Å². The minimum atomic E-state index is -4.07. The Morgan fingerprint density at radius 3 is 2.14 bits per heavy atom. The van der Waals surface area contributed by atoms with Gasteiger partial charge in [0.15, 0.2) is 0 Å². The molecule has 2 rings (SSSR count). The molecule has 1 unspecified atom stereocenters. The summed E-state index contributed by atoms with van der Waals surface area (Å²) < 4.78 is 27.4. The number of sulfonamides is 1. The van der Waals surface area contributed by atoms with Gasteiger partial charge in [-0.1, -0.05) is 45.9 Å². The zero-order chi connectivity index (χ0) is 21.9. The zero-order valence-electron chi connectivity index (χ0n) is 17.5. The van der Waals surface area contributed by atoms with Gasteiger partial charge in [-0.25, -0.2) is 17.9 Å². The Morgan fingerprint density at radius 2 is 1.66 bits per heavy atom. The van der Waals surface area contributed by atoms with Crippen LogP contribution in [0.2, 0.25) is 0 Å². The Bertz CT molecular complexity index is 882. The van der Waals surface area contributed by atoms with Crippen molar-refractivity contribution in [3.8, 4) is 0 Å². The van der Waals surface area contributed by atoms with E-state index in [9.17, 15) is 22.8 Å². The Hall–Kier alpha value is -2.42. The summed E-state index contributed by atoms with van der Waals surface area (Å²) in [4.78, 5) is 36.8. The smallest absolute Gasteiger partial charge is 0.307 e. The van der Waals surface area contributed by atoms with Gasteiger partial charge in [0.1, 0.15) is 0 Å². The van der Waals surface area contributed by atoms with Crippen molar-refractivity contribution in [2.45, 2.75) is 64.5 Å². The number of urea groups is 1. The molecule has 160 valence electrons. The van der Waals surface area contributed by atoms with Gasteiger partial charge in [-0.2, -0.15) is 0 Å². The van der Waals surface area contributed by atoms with E-state index >= 15 is 0 Å². The number of hydrogen-bond donors (Lipinski definition) is 2. The van der Waals surface area contributed by atoms with Crippen molar-refractivity contribution in [3.05, 3.63) is 29.3 Å². The molecule has 4 amide bonds. The first kappa shape index (κ1) is 22.9. The van der Waals surface area contributed by atoms with Gasteiger partial charge in [0, 0.05) is 25.6 Å². The first-order valence-electron chi connectivity index (χ1n) is 9.70. The summed E-state index contributed by atoms with van der Waals surface area (Å²) in [6.45, 7) is 8.94. The van der Waals surface area contributed by atoms with Gasteiger partial charge in [0.05, 0.1) is 5.25 Å². The normalized spacial score (nSPS) is 17.6. The lowest BCUT2D eigenvalue weighted by Crippen LogP contribution is -2.51. The highest BCUT2D eigenvalue weighted by Gasteiger charge is 2.37. The quantitative estimate of drug-likeness (QED) is 0.756. The monoisotopic (exact) mass is 423 g/mol. The van der Waals surface area contributed by atoms with Crippen LogP contribution in [0.3, 0.4) is 0 Å². The predicted molar refractivity (Wildman–Crippen MR) is 111 cm³/mol. The second kappa shape index (κ2) is 8.94.